The molecular formula is C32H34N4O5S. The number of carbonyl (C=O) groups is 2. The van der Waals surface area contributed by atoms with Crippen LogP contribution in [0.4, 0.5) is 5.82 Å². The Morgan fingerprint density at radius 3 is 2.43 bits per heavy atom. The molecule has 10 heteroatoms. The summed E-state index contributed by atoms with van der Waals surface area (Å²) >= 11 is 1.50. The minimum atomic E-state index is -0.294. The van der Waals surface area contributed by atoms with Crippen LogP contribution in [0.2, 0.25) is 0 Å². The summed E-state index contributed by atoms with van der Waals surface area (Å²) in [6, 6.07) is 25.2. The first kappa shape index (κ1) is 29.2. The first-order valence-corrected chi connectivity index (χ1v) is 14.7. The lowest BCUT2D eigenvalue weighted by Gasteiger charge is -2.23. The molecule has 1 aliphatic rings. The van der Waals surface area contributed by atoms with Gasteiger partial charge in [0.25, 0.3) is 0 Å². The number of benzene rings is 3. The number of thioether (sulfide) groups is 1. The van der Waals surface area contributed by atoms with Crippen LogP contribution >= 0.6 is 11.8 Å². The van der Waals surface area contributed by atoms with Crippen LogP contribution in [0.3, 0.4) is 0 Å². The Morgan fingerprint density at radius 1 is 0.976 bits per heavy atom. The van der Waals surface area contributed by atoms with Crippen molar-refractivity contribution in [2.75, 3.05) is 51.7 Å². The van der Waals surface area contributed by atoms with Gasteiger partial charge in [0, 0.05) is 37.0 Å². The Balaban J connectivity index is 1.72. The van der Waals surface area contributed by atoms with E-state index in [1.54, 1.807) is 30.9 Å². The highest BCUT2D eigenvalue weighted by Crippen LogP contribution is 2.50. The van der Waals surface area contributed by atoms with E-state index in [2.05, 4.69) is 5.32 Å². The lowest BCUT2D eigenvalue weighted by Crippen LogP contribution is -2.42. The van der Waals surface area contributed by atoms with Crippen LogP contribution in [-0.2, 0) is 14.3 Å². The molecule has 42 heavy (non-hydrogen) atoms. The van der Waals surface area contributed by atoms with E-state index in [0.717, 1.165) is 28.1 Å². The van der Waals surface area contributed by atoms with Gasteiger partial charge in [-0.1, -0.05) is 48.5 Å². The number of nitrogens with zero attached hydrogens (tertiary/aromatic N) is 3. The average Bonchev–Trinajstić information content (AvgIpc) is 3.36. The number of hydrogen-bond acceptors (Lipinski definition) is 7. The Labute approximate surface area is 249 Å². The molecule has 0 unspecified atom stereocenters. The van der Waals surface area contributed by atoms with E-state index in [1.165, 1.54) is 11.8 Å². The molecule has 3 aromatic carbocycles. The van der Waals surface area contributed by atoms with Crippen molar-refractivity contribution in [3.8, 4) is 28.4 Å². The number of carbonyl (C=O) groups excluding carboxylic acids is 2. The fourth-order valence-corrected chi connectivity index (χ4v) is 6.23. The van der Waals surface area contributed by atoms with Gasteiger partial charge in [0.1, 0.15) is 23.9 Å². The number of ether oxygens (including phenoxy) is 3. The highest BCUT2D eigenvalue weighted by molar-refractivity contribution is 8.00. The van der Waals surface area contributed by atoms with Gasteiger partial charge in [0.2, 0.25) is 11.8 Å². The van der Waals surface area contributed by atoms with Crippen molar-refractivity contribution in [1.82, 2.24) is 15.1 Å². The van der Waals surface area contributed by atoms with Crippen LogP contribution in [0.25, 0.3) is 16.9 Å². The number of hydrogen-bond donors (Lipinski definition) is 1. The van der Waals surface area contributed by atoms with Crippen molar-refractivity contribution in [2.24, 2.45) is 0 Å². The van der Waals surface area contributed by atoms with Crippen LogP contribution in [0.5, 0.6) is 11.5 Å². The van der Waals surface area contributed by atoms with Crippen molar-refractivity contribution < 1.29 is 23.8 Å². The summed E-state index contributed by atoms with van der Waals surface area (Å²) in [5, 5.41) is 7.75. The Morgan fingerprint density at radius 2 is 1.71 bits per heavy atom. The molecule has 0 saturated heterocycles. The molecule has 1 aliphatic heterocycles. The minimum absolute atomic E-state index is 0.145. The van der Waals surface area contributed by atoms with Crippen LogP contribution in [0.1, 0.15) is 22.8 Å². The second kappa shape index (κ2) is 13.6. The Hall–Kier alpha value is -4.28. The third-order valence-corrected chi connectivity index (χ3v) is 8.26. The van der Waals surface area contributed by atoms with Gasteiger partial charge in [0.15, 0.2) is 0 Å². The molecule has 0 saturated carbocycles. The topological polar surface area (TPSA) is 94.9 Å². The minimum Gasteiger partial charge on any atom is -0.497 e. The SMILES string of the molecule is COCCCNC(=O)CN1C(=O)CS[C@H](c2ccccc2OC)c2c(-c3ccccc3)nn(-c3ccc(OC)cc3)c21. The van der Waals surface area contributed by atoms with Crippen molar-refractivity contribution in [3.63, 3.8) is 0 Å². The van der Waals surface area contributed by atoms with Crippen molar-refractivity contribution in [2.45, 2.75) is 11.7 Å². The number of amides is 2. The second-order valence-corrected chi connectivity index (χ2v) is 10.8. The van der Waals surface area contributed by atoms with Crippen LogP contribution in [0.15, 0.2) is 78.9 Å². The number of nitrogens with one attached hydrogen (secondary N) is 1. The zero-order valence-electron chi connectivity index (χ0n) is 23.9. The number of methoxy groups -OCH3 is 3. The molecule has 5 rings (SSSR count). The summed E-state index contributed by atoms with van der Waals surface area (Å²) < 4.78 is 18.0. The number of fused-ring (bicyclic) bond motifs is 1. The standard InChI is InChI=1S/C32H34N4O5S/c1-39-19-9-18-33-27(37)20-35-28(38)21-42-31(25-12-7-8-13-26(25)41-3)29-30(22-10-5-4-6-11-22)34-36(32(29)35)23-14-16-24(40-2)17-15-23/h4-8,10-17,31H,9,18-21H2,1-3H3,(H,33,37)/t31-/m1/s1. The van der Waals surface area contributed by atoms with Gasteiger partial charge in [-0.2, -0.15) is 5.10 Å². The molecule has 4 aromatic rings. The molecule has 0 spiro atoms. The number of anilines is 1. The molecule has 9 nitrogen and oxygen atoms in total. The Kier molecular flexibility index (Phi) is 9.45. The predicted octanol–water partition coefficient (Wildman–Crippen LogP) is 4.88. The van der Waals surface area contributed by atoms with E-state index in [1.807, 2.05) is 78.9 Å². The van der Waals surface area contributed by atoms with E-state index < -0.39 is 0 Å². The van der Waals surface area contributed by atoms with Crippen LogP contribution < -0.4 is 19.7 Å². The maximum Gasteiger partial charge on any atom is 0.240 e. The van der Waals surface area contributed by atoms with Crippen LogP contribution in [-0.4, -0.2) is 68.4 Å². The summed E-state index contributed by atoms with van der Waals surface area (Å²) in [6.45, 7) is 0.843. The summed E-state index contributed by atoms with van der Waals surface area (Å²) in [6.07, 6.45) is 0.676. The van der Waals surface area contributed by atoms with E-state index in [-0.39, 0.29) is 29.4 Å². The first-order chi connectivity index (χ1) is 20.5. The van der Waals surface area contributed by atoms with E-state index >= 15 is 0 Å². The monoisotopic (exact) mass is 586 g/mol. The Bertz CT molecular complexity index is 1520. The summed E-state index contributed by atoms with van der Waals surface area (Å²) in [4.78, 5) is 28.6. The van der Waals surface area contributed by atoms with Crippen molar-refractivity contribution in [1.29, 1.82) is 0 Å². The van der Waals surface area contributed by atoms with Gasteiger partial charge in [-0.05, 0) is 36.8 Å². The number of para-hydroxylation sites is 1. The highest BCUT2D eigenvalue weighted by atomic mass is 32.2. The molecule has 0 radical (unpaired) electrons. The van der Waals surface area contributed by atoms with E-state index in [4.69, 9.17) is 19.3 Å². The summed E-state index contributed by atoms with van der Waals surface area (Å²) in [7, 11) is 4.88. The second-order valence-electron chi connectivity index (χ2n) is 9.67. The van der Waals surface area contributed by atoms with E-state index in [0.29, 0.717) is 36.9 Å². The summed E-state index contributed by atoms with van der Waals surface area (Å²) in [5.74, 6) is 1.71. The molecule has 0 fully saturated rings. The number of rotatable bonds is 11. The maximum atomic E-state index is 13.9. The lowest BCUT2D eigenvalue weighted by molar-refractivity contribution is -0.122. The fraction of sp³-hybridized carbons (Fsp3) is 0.281. The zero-order chi connectivity index (χ0) is 29.5. The van der Waals surface area contributed by atoms with Gasteiger partial charge < -0.3 is 19.5 Å². The third-order valence-electron chi connectivity index (χ3n) is 7.02. The predicted molar refractivity (Wildman–Crippen MR) is 165 cm³/mol. The molecule has 0 aliphatic carbocycles. The molecule has 1 aromatic heterocycles. The quantitative estimate of drug-likeness (QED) is 0.251. The highest BCUT2D eigenvalue weighted by Gasteiger charge is 2.38. The van der Waals surface area contributed by atoms with Gasteiger partial charge in [-0.15, -0.1) is 11.8 Å². The largest absolute Gasteiger partial charge is 0.497 e. The van der Waals surface area contributed by atoms with Gasteiger partial charge in [-0.3, -0.25) is 14.5 Å². The average molecular weight is 587 g/mol. The summed E-state index contributed by atoms with van der Waals surface area (Å²) in [5.41, 5.74) is 4.13. The fourth-order valence-electron chi connectivity index (χ4n) is 5.00. The molecule has 1 atom stereocenters. The van der Waals surface area contributed by atoms with Crippen molar-refractivity contribution in [3.05, 3.63) is 90.0 Å². The van der Waals surface area contributed by atoms with Gasteiger partial charge >= 0.3 is 0 Å². The van der Waals surface area contributed by atoms with Gasteiger partial charge in [-0.25, -0.2) is 4.68 Å². The van der Waals surface area contributed by atoms with Gasteiger partial charge in [0.05, 0.1) is 36.6 Å². The molecular weight excluding hydrogens is 552 g/mol. The number of aromatic nitrogens is 2. The molecule has 0 bridgehead atoms. The molecule has 218 valence electrons. The normalized spacial score (nSPS) is 14.7. The maximum absolute atomic E-state index is 13.9. The molecule has 1 N–H and O–H groups in total. The lowest BCUT2D eigenvalue weighted by atomic mass is 9.99. The molecule has 2 amide bonds. The zero-order valence-corrected chi connectivity index (χ0v) is 24.7. The van der Waals surface area contributed by atoms with Crippen LogP contribution in [0, 0.1) is 0 Å². The smallest absolute Gasteiger partial charge is 0.240 e. The van der Waals surface area contributed by atoms with Crippen molar-refractivity contribution >= 4 is 29.4 Å². The third kappa shape index (κ3) is 6.14. The first-order valence-electron chi connectivity index (χ1n) is 13.7. The van der Waals surface area contributed by atoms with E-state index in [9.17, 15) is 9.59 Å². The molecule has 2 heterocycles.